The van der Waals surface area contributed by atoms with Gasteiger partial charge in [-0.25, -0.2) is 4.39 Å². The zero-order valence-electron chi connectivity index (χ0n) is 11.7. The lowest BCUT2D eigenvalue weighted by molar-refractivity contribution is 0.331. The fourth-order valence-electron chi connectivity index (χ4n) is 2.14. The predicted molar refractivity (Wildman–Crippen MR) is 78.6 cm³/mol. The first-order valence-corrected chi connectivity index (χ1v) is 6.74. The summed E-state index contributed by atoms with van der Waals surface area (Å²) in [4.78, 5) is 6.22. The number of hydrogen-bond acceptors (Lipinski definition) is 3. The Balaban J connectivity index is 1.89. The van der Waals surface area contributed by atoms with Crippen LogP contribution < -0.4 is 5.73 Å². The lowest BCUT2D eigenvalue weighted by Crippen LogP contribution is -2.21. The summed E-state index contributed by atoms with van der Waals surface area (Å²) >= 11 is 0. The third kappa shape index (κ3) is 4.11. The van der Waals surface area contributed by atoms with E-state index in [1.165, 1.54) is 11.6 Å². The molecule has 0 radical (unpaired) electrons. The normalized spacial score (nSPS) is 11.0. The number of halogens is 1. The van der Waals surface area contributed by atoms with Gasteiger partial charge in [0.2, 0.25) is 0 Å². The number of benzene rings is 1. The van der Waals surface area contributed by atoms with Gasteiger partial charge < -0.3 is 10.6 Å². The molecule has 1 heterocycles. The molecule has 0 saturated heterocycles. The number of aromatic nitrogens is 1. The van der Waals surface area contributed by atoms with Crippen LogP contribution in [0.5, 0.6) is 0 Å². The Morgan fingerprint density at radius 1 is 1.15 bits per heavy atom. The molecule has 3 nitrogen and oxygen atoms in total. The Hall–Kier alpha value is -1.78. The Morgan fingerprint density at radius 3 is 2.60 bits per heavy atom. The molecule has 0 aliphatic rings. The van der Waals surface area contributed by atoms with E-state index in [0.29, 0.717) is 5.56 Å². The molecule has 2 aromatic rings. The first-order valence-electron chi connectivity index (χ1n) is 6.74. The van der Waals surface area contributed by atoms with Crippen molar-refractivity contribution in [3.63, 3.8) is 0 Å². The molecule has 1 aromatic heterocycles. The molecule has 0 saturated carbocycles. The van der Waals surface area contributed by atoms with Gasteiger partial charge >= 0.3 is 0 Å². The van der Waals surface area contributed by atoms with Crippen molar-refractivity contribution < 1.29 is 4.39 Å². The Morgan fingerprint density at radius 2 is 1.90 bits per heavy atom. The van der Waals surface area contributed by atoms with Crippen LogP contribution in [-0.4, -0.2) is 23.5 Å². The molecule has 2 N–H and O–H groups in total. The van der Waals surface area contributed by atoms with E-state index < -0.39 is 0 Å². The number of pyridine rings is 1. The van der Waals surface area contributed by atoms with Crippen molar-refractivity contribution >= 4 is 0 Å². The van der Waals surface area contributed by atoms with Gasteiger partial charge in [0.25, 0.3) is 0 Å². The van der Waals surface area contributed by atoms with Crippen molar-refractivity contribution in [2.75, 3.05) is 13.6 Å². The smallest absolute Gasteiger partial charge is 0.127 e. The molecule has 0 bridgehead atoms. The highest BCUT2D eigenvalue weighted by Gasteiger charge is 2.05. The second kappa shape index (κ2) is 7.12. The second-order valence-electron chi connectivity index (χ2n) is 4.97. The van der Waals surface area contributed by atoms with E-state index in [2.05, 4.69) is 16.9 Å². The van der Waals surface area contributed by atoms with Gasteiger partial charge in [-0.15, -0.1) is 0 Å². The predicted octanol–water partition coefficient (Wildman–Crippen LogP) is 2.35. The van der Waals surface area contributed by atoms with Gasteiger partial charge in [-0.1, -0.05) is 12.1 Å². The van der Waals surface area contributed by atoms with E-state index in [-0.39, 0.29) is 12.4 Å². The topological polar surface area (TPSA) is 42.2 Å². The van der Waals surface area contributed by atoms with Crippen molar-refractivity contribution in [3.8, 4) is 0 Å². The van der Waals surface area contributed by atoms with E-state index in [0.717, 1.165) is 25.1 Å². The van der Waals surface area contributed by atoms with Crippen LogP contribution in [0.4, 0.5) is 4.39 Å². The van der Waals surface area contributed by atoms with Crippen molar-refractivity contribution in [2.24, 2.45) is 5.73 Å². The fourth-order valence-corrected chi connectivity index (χ4v) is 2.14. The molecule has 106 valence electrons. The lowest BCUT2D eigenvalue weighted by Gasteiger charge is -2.17. The van der Waals surface area contributed by atoms with Gasteiger partial charge in [0.15, 0.2) is 0 Å². The molecule has 0 spiro atoms. The van der Waals surface area contributed by atoms with Crippen LogP contribution in [0, 0.1) is 5.82 Å². The van der Waals surface area contributed by atoms with Crippen LogP contribution in [0.15, 0.2) is 42.7 Å². The summed E-state index contributed by atoms with van der Waals surface area (Å²) in [5.41, 5.74) is 8.46. The number of likely N-dealkylation sites (N-methyl/N-ethyl adjacent to an activating group) is 1. The third-order valence-electron chi connectivity index (χ3n) is 3.31. The second-order valence-corrected chi connectivity index (χ2v) is 4.97. The lowest BCUT2D eigenvalue weighted by atomic mass is 10.1. The van der Waals surface area contributed by atoms with E-state index in [1.807, 2.05) is 36.7 Å². The van der Waals surface area contributed by atoms with E-state index >= 15 is 0 Å². The standard InChI is InChI=1S/C16H20FN3/c1-20(9-6-13-4-7-19-8-5-13)12-14-2-3-16(17)15(10-14)11-18/h2-5,7-8,10H,6,9,11-12,18H2,1H3. The van der Waals surface area contributed by atoms with Crippen LogP contribution in [0.1, 0.15) is 16.7 Å². The van der Waals surface area contributed by atoms with Crippen molar-refractivity contribution in [2.45, 2.75) is 19.5 Å². The first kappa shape index (κ1) is 14.6. The minimum Gasteiger partial charge on any atom is -0.326 e. The minimum absolute atomic E-state index is 0.226. The molecule has 0 aliphatic carbocycles. The van der Waals surface area contributed by atoms with Gasteiger partial charge in [-0.2, -0.15) is 0 Å². The summed E-state index contributed by atoms with van der Waals surface area (Å²) in [5, 5.41) is 0. The van der Waals surface area contributed by atoms with E-state index in [9.17, 15) is 4.39 Å². The molecule has 1 aromatic carbocycles. The van der Waals surface area contributed by atoms with Crippen LogP contribution in [0.3, 0.4) is 0 Å². The summed E-state index contributed by atoms with van der Waals surface area (Å²) in [7, 11) is 2.06. The zero-order chi connectivity index (χ0) is 14.4. The molecular weight excluding hydrogens is 253 g/mol. The minimum atomic E-state index is -0.226. The summed E-state index contributed by atoms with van der Waals surface area (Å²) in [6.45, 7) is 1.97. The van der Waals surface area contributed by atoms with Gasteiger partial charge in [-0.3, -0.25) is 4.98 Å². The fraction of sp³-hybridized carbons (Fsp3) is 0.312. The zero-order valence-corrected chi connectivity index (χ0v) is 11.7. The molecule has 4 heteroatoms. The van der Waals surface area contributed by atoms with Crippen LogP contribution in [-0.2, 0) is 19.5 Å². The molecule has 0 atom stereocenters. The SMILES string of the molecule is CN(CCc1ccncc1)Cc1ccc(F)c(CN)c1. The van der Waals surface area contributed by atoms with Crippen molar-refractivity contribution in [1.29, 1.82) is 0 Å². The maximum absolute atomic E-state index is 13.4. The largest absolute Gasteiger partial charge is 0.326 e. The molecule has 20 heavy (non-hydrogen) atoms. The maximum atomic E-state index is 13.4. The molecule has 0 fully saturated rings. The van der Waals surface area contributed by atoms with Crippen LogP contribution in [0.25, 0.3) is 0 Å². The van der Waals surface area contributed by atoms with E-state index in [4.69, 9.17) is 5.73 Å². The van der Waals surface area contributed by atoms with Gasteiger partial charge in [-0.05, 0) is 42.8 Å². The monoisotopic (exact) mass is 273 g/mol. The van der Waals surface area contributed by atoms with Crippen molar-refractivity contribution in [3.05, 3.63) is 65.2 Å². The number of rotatable bonds is 6. The highest BCUT2D eigenvalue weighted by atomic mass is 19.1. The highest BCUT2D eigenvalue weighted by Crippen LogP contribution is 2.12. The Bertz CT molecular complexity index is 543. The average molecular weight is 273 g/mol. The third-order valence-corrected chi connectivity index (χ3v) is 3.31. The summed E-state index contributed by atoms with van der Waals surface area (Å²) in [6.07, 6.45) is 4.59. The van der Waals surface area contributed by atoms with Gasteiger partial charge in [0, 0.05) is 37.6 Å². The number of nitrogens with zero attached hydrogens (tertiary/aromatic N) is 2. The first-order chi connectivity index (χ1) is 9.69. The molecular formula is C16H20FN3. The molecule has 0 unspecified atom stereocenters. The average Bonchev–Trinajstić information content (AvgIpc) is 2.48. The maximum Gasteiger partial charge on any atom is 0.127 e. The molecule has 2 rings (SSSR count). The quantitative estimate of drug-likeness (QED) is 0.878. The van der Waals surface area contributed by atoms with E-state index in [1.54, 1.807) is 0 Å². The van der Waals surface area contributed by atoms with Gasteiger partial charge in [0.1, 0.15) is 5.82 Å². The van der Waals surface area contributed by atoms with Gasteiger partial charge in [0.05, 0.1) is 0 Å². The summed E-state index contributed by atoms with van der Waals surface area (Å²) in [5.74, 6) is -0.226. The number of hydrogen-bond donors (Lipinski definition) is 1. The number of nitrogens with two attached hydrogens (primary N) is 1. The van der Waals surface area contributed by atoms with Crippen LogP contribution >= 0.6 is 0 Å². The Kier molecular flexibility index (Phi) is 5.21. The molecule has 0 amide bonds. The highest BCUT2D eigenvalue weighted by molar-refractivity contribution is 5.25. The van der Waals surface area contributed by atoms with Crippen LogP contribution in [0.2, 0.25) is 0 Å². The summed E-state index contributed by atoms with van der Waals surface area (Å²) < 4.78 is 13.4. The Labute approximate surface area is 119 Å². The summed E-state index contributed by atoms with van der Waals surface area (Å²) in [6, 6.07) is 9.21. The molecule has 0 aliphatic heterocycles. The van der Waals surface area contributed by atoms with Crippen molar-refractivity contribution in [1.82, 2.24) is 9.88 Å².